The molecule has 4 N–H and O–H groups in total. The number of nitrogens with one attached hydrogen (secondary N) is 2. The maximum Gasteiger partial charge on any atom is 0.336 e. The van der Waals surface area contributed by atoms with E-state index in [-0.39, 0.29) is 23.6 Å². The molecule has 0 atom stereocenters. The van der Waals surface area contributed by atoms with Crippen molar-refractivity contribution >= 4 is 51.9 Å². The van der Waals surface area contributed by atoms with Crippen LogP contribution in [0.15, 0.2) is 54.6 Å². The molecule has 1 amide bonds. The van der Waals surface area contributed by atoms with Gasteiger partial charge in [0.05, 0.1) is 23.2 Å². The molecule has 31 heavy (non-hydrogen) atoms. The second-order valence-corrected chi connectivity index (χ2v) is 6.90. The lowest BCUT2D eigenvalue weighted by Crippen LogP contribution is -2.23. The van der Waals surface area contributed by atoms with Crippen LogP contribution < -0.4 is 10.6 Å². The summed E-state index contributed by atoms with van der Waals surface area (Å²) in [7, 11) is 0. The molecule has 0 radical (unpaired) electrons. The lowest BCUT2D eigenvalue weighted by Gasteiger charge is -2.17. The summed E-state index contributed by atoms with van der Waals surface area (Å²) in [5.74, 6) is -3.44. The summed E-state index contributed by atoms with van der Waals surface area (Å²) in [5, 5.41) is 25.5. The van der Waals surface area contributed by atoms with E-state index in [0.717, 1.165) is 28.5 Å². The van der Waals surface area contributed by atoms with Gasteiger partial charge in [0.2, 0.25) is 5.91 Å². The van der Waals surface area contributed by atoms with Crippen molar-refractivity contribution in [3.8, 4) is 0 Å². The van der Waals surface area contributed by atoms with Gasteiger partial charge in [0.1, 0.15) is 0 Å². The number of hydrogen-bond acceptors (Lipinski definition) is 5. The Morgan fingerprint density at radius 2 is 1.65 bits per heavy atom. The first-order chi connectivity index (χ1) is 14.8. The summed E-state index contributed by atoms with van der Waals surface area (Å²) >= 11 is 0. The summed E-state index contributed by atoms with van der Waals surface area (Å²) in [6.45, 7) is -0.180. The van der Waals surface area contributed by atoms with Gasteiger partial charge in [-0.1, -0.05) is 30.3 Å². The number of ketones is 1. The monoisotopic (exact) mass is 416 g/mol. The molecule has 8 heteroatoms. The number of anilines is 2. The molecule has 3 aromatic carbocycles. The number of hydrogen-bond donors (Lipinski definition) is 4. The number of amides is 1. The molecule has 1 aliphatic carbocycles. The van der Waals surface area contributed by atoms with Gasteiger partial charge in [-0.3, -0.25) is 9.59 Å². The molecule has 4 rings (SSSR count). The summed E-state index contributed by atoms with van der Waals surface area (Å²) in [4.78, 5) is 47.3. The SMILES string of the molecule is O=C(CNc1ccc2cccc3c2c1C(=O)C=C3)Nc1ccc(C(=O)O)c(C(=O)O)c1. The summed E-state index contributed by atoms with van der Waals surface area (Å²) in [6, 6.07) is 12.8. The first-order valence-electron chi connectivity index (χ1n) is 9.27. The van der Waals surface area contributed by atoms with Crippen LogP contribution in [0.3, 0.4) is 0 Å². The van der Waals surface area contributed by atoms with Crippen LogP contribution in [0.2, 0.25) is 0 Å². The third-order valence-electron chi connectivity index (χ3n) is 4.94. The van der Waals surface area contributed by atoms with Crippen molar-refractivity contribution in [1.82, 2.24) is 0 Å². The van der Waals surface area contributed by atoms with Crippen LogP contribution in [-0.2, 0) is 4.79 Å². The average molecular weight is 416 g/mol. The van der Waals surface area contributed by atoms with Gasteiger partial charge < -0.3 is 20.8 Å². The molecular formula is C23H16N2O6. The molecule has 154 valence electrons. The smallest absolute Gasteiger partial charge is 0.336 e. The maximum atomic E-state index is 12.5. The Morgan fingerprint density at radius 3 is 2.39 bits per heavy atom. The van der Waals surface area contributed by atoms with Crippen LogP contribution in [0, 0.1) is 0 Å². The highest BCUT2D eigenvalue weighted by Gasteiger charge is 2.20. The molecule has 0 aliphatic heterocycles. The summed E-state index contributed by atoms with van der Waals surface area (Å²) in [6.07, 6.45) is 3.24. The van der Waals surface area contributed by atoms with Crippen molar-refractivity contribution in [2.45, 2.75) is 0 Å². The summed E-state index contributed by atoms with van der Waals surface area (Å²) in [5.41, 5.74) is 1.26. The highest BCUT2D eigenvalue weighted by molar-refractivity contribution is 6.23. The van der Waals surface area contributed by atoms with Crippen LogP contribution in [-0.4, -0.2) is 40.4 Å². The minimum atomic E-state index is -1.41. The number of allylic oxidation sites excluding steroid dienone is 1. The van der Waals surface area contributed by atoms with Crippen LogP contribution in [0.4, 0.5) is 11.4 Å². The number of carboxylic acids is 2. The number of rotatable bonds is 6. The fourth-order valence-electron chi connectivity index (χ4n) is 3.56. The van der Waals surface area contributed by atoms with Crippen molar-refractivity contribution in [1.29, 1.82) is 0 Å². The predicted octanol–water partition coefficient (Wildman–Crippen LogP) is 3.50. The number of carbonyl (C=O) groups is 4. The minimum absolute atomic E-state index is 0.148. The zero-order valence-electron chi connectivity index (χ0n) is 16.0. The van der Waals surface area contributed by atoms with Gasteiger partial charge in [-0.2, -0.15) is 0 Å². The highest BCUT2D eigenvalue weighted by atomic mass is 16.4. The van der Waals surface area contributed by atoms with Crippen molar-refractivity contribution in [3.05, 3.63) is 76.9 Å². The second-order valence-electron chi connectivity index (χ2n) is 6.90. The molecular weight excluding hydrogens is 400 g/mol. The molecule has 3 aromatic rings. The third kappa shape index (κ3) is 3.74. The second kappa shape index (κ2) is 7.75. The van der Waals surface area contributed by atoms with Crippen molar-refractivity contribution in [2.75, 3.05) is 17.2 Å². The number of carbonyl (C=O) groups excluding carboxylic acids is 2. The van der Waals surface area contributed by atoms with Gasteiger partial charge in [0.25, 0.3) is 0 Å². The third-order valence-corrected chi connectivity index (χ3v) is 4.94. The Labute approximate surface area is 175 Å². The van der Waals surface area contributed by atoms with Gasteiger partial charge in [-0.25, -0.2) is 9.59 Å². The Hall–Kier alpha value is -4.46. The largest absolute Gasteiger partial charge is 0.478 e. The van der Waals surface area contributed by atoms with E-state index in [4.69, 9.17) is 5.11 Å². The lowest BCUT2D eigenvalue weighted by atomic mass is 9.91. The van der Waals surface area contributed by atoms with E-state index in [1.807, 2.05) is 24.3 Å². The first kappa shape index (κ1) is 19.8. The minimum Gasteiger partial charge on any atom is -0.478 e. The first-order valence-corrected chi connectivity index (χ1v) is 9.27. The Morgan fingerprint density at radius 1 is 0.871 bits per heavy atom. The van der Waals surface area contributed by atoms with Gasteiger partial charge in [0.15, 0.2) is 5.78 Å². The molecule has 0 fully saturated rings. The highest BCUT2D eigenvalue weighted by Crippen LogP contribution is 2.33. The molecule has 8 nitrogen and oxygen atoms in total. The average Bonchev–Trinajstić information content (AvgIpc) is 2.75. The number of aromatic carboxylic acids is 2. The molecule has 1 aliphatic rings. The van der Waals surface area contributed by atoms with E-state index in [0.29, 0.717) is 11.3 Å². The quantitative estimate of drug-likeness (QED) is 0.483. The Bertz CT molecular complexity index is 1310. The van der Waals surface area contributed by atoms with Gasteiger partial charge in [0, 0.05) is 16.8 Å². The molecule has 0 spiro atoms. The Balaban J connectivity index is 1.54. The standard InChI is InChI=1S/C23H16N2O6/c26-18-9-5-13-3-1-2-12-4-8-17(21(18)20(12)13)24-11-19(27)25-14-6-7-15(22(28)29)16(10-14)23(30)31/h1-10,24H,11H2,(H,25,27)(H,28,29)(H,30,31). The van der Waals surface area contributed by atoms with Crippen molar-refractivity contribution < 1.29 is 29.4 Å². The predicted molar refractivity (Wildman–Crippen MR) is 115 cm³/mol. The van der Waals surface area contributed by atoms with Crippen molar-refractivity contribution in [3.63, 3.8) is 0 Å². The number of benzene rings is 3. The molecule has 0 aromatic heterocycles. The fourth-order valence-corrected chi connectivity index (χ4v) is 3.56. The van der Waals surface area contributed by atoms with Crippen LogP contribution in [0.1, 0.15) is 36.6 Å². The van der Waals surface area contributed by atoms with Crippen LogP contribution >= 0.6 is 0 Å². The van der Waals surface area contributed by atoms with E-state index >= 15 is 0 Å². The topological polar surface area (TPSA) is 133 Å². The van der Waals surface area contributed by atoms with E-state index in [1.54, 1.807) is 12.1 Å². The van der Waals surface area contributed by atoms with Crippen LogP contribution in [0.5, 0.6) is 0 Å². The van der Waals surface area contributed by atoms with Gasteiger partial charge in [-0.15, -0.1) is 0 Å². The zero-order chi connectivity index (χ0) is 22.1. The molecule has 0 heterocycles. The van der Waals surface area contributed by atoms with E-state index in [2.05, 4.69) is 10.6 Å². The normalized spacial score (nSPS) is 11.9. The molecule has 0 bridgehead atoms. The lowest BCUT2D eigenvalue weighted by molar-refractivity contribution is -0.114. The van der Waals surface area contributed by atoms with E-state index in [1.165, 1.54) is 12.1 Å². The van der Waals surface area contributed by atoms with Gasteiger partial charge in [-0.05, 0) is 41.3 Å². The van der Waals surface area contributed by atoms with E-state index in [9.17, 15) is 24.3 Å². The van der Waals surface area contributed by atoms with Crippen molar-refractivity contribution in [2.24, 2.45) is 0 Å². The number of carboxylic acid groups (broad SMARTS) is 2. The zero-order valence-corrected chi connectivity index (χ0v) is 16.0. The maximum absolute atomic E-state index is 12.5. The fraction of sp³-hybridized carbons (Fsp3) is 0.0435. The van der Waals surface area contributed by atoms with E-state index < -0.39 is 23.4 Å². The molecule has 0 saturated carbocycles. The molecule has 0 saturated heterocycles. The van der Waals surface area contributed by atoms with Crippen LogP contribution in [0.25, 0.3) is 16.8 Å². The molecule has 0 unspecified atom stereocenters. The van der Waals surface area contributed by atoms with Gasteiger partial charge >= 0.3 is 11.9 Å². The summed E-state index contributed by atoms with van der Waals surface area (Å²) < 4.78 is 0. The Kier molecular flexibility index (Phi) is 4.96.